The van der Waals surface area contributed by atoms with E-state index in [1.54, 1.807) is 31.3 Å². The zero-order valence-corrected chi connectivity index (χ0v) is 17.4. The van der Waals surface area contributed by atoms with Gasteiger partial charge in [-0.1, -0.05) is 23.4 Å². The van der Waals surface area contributed by atoms with Crippen LogP contribution in [0.15, 0.2) is 53.1 Å². The standard InChI is InChI=1S/C23H18FN5O4/c1-29-8-7-23(32,22(29)31)18-11-17(33-28-18)12-3-2-4-13(9-12)21-26-16-10-14(24)5-6-15(16)19(27-21)20(25)30/h2-6,9-11,32H,7-8H2,1H3,(H2,25,30)/t23-/m0/s1. The van der Waals surface area contributed by atoms with Crippen molar-refractivity contribution in [3.8, 4) is 22.7 Å². The first-order valence-electron chi connectivity index (χ1n) is 10.1. The second kappa shape index (κ2) is 7.45. The summed E-state index contributed by atoms with van der Waals surface area (Å²) < 4.78 is 19.2. The van der Waals surface area contributed by atoms with E-state index in [1.165, 1.54) is 29.2 Å². The second-order valence-electron chi connectivity index (χ2n) is 7.92. The van der Waals surface area contributed by atoms with Gasteiger partial charge in [0.15, 0.2) is 17.2 Å². The smallest absolute Gasteiger partial charge is 0.268 e. The fraction of sp³-hybridized carbons (Fsp3) is 0.174. The van der Waals surface area contributed by atoms with Crippen molar-refractivity contribution in [3.05, 3.63) is 65.7 Å². The van der Waals surface area contributed by atoms with Gasteiger partial charge in [-0.15, -0.1) is 0 Å². The van der Waals surface area contributed by atoms with Crippen molar-refractivity contribution < 1.29 is 23.6 Å². The van der Waals surface area contributed by atoms with E-state index in [4.69, 9.17) is 10.3 Å². The Hall–Kier alpha value is -4.18. The molecule has 9 nitrogen and oxygen atoms in total. The summed E-state index contributed by atoms with van der Waals surface area (Å²) in [5.74, 6) is -1.20. The van der Waals surface area contributed by atoms with Gasteiger partial charge >= 0.3 is 0 Å². The van der Waals surface area contributed by atoms with Crippen LogP contribution in [0, 0.1) is 5.82 Å². The van der Waals surface area contributed by atoms with Crippen molar-refractivity contribution in [1.29, 1.82) is 0 Å². The van der Waals surface area contributed by atoms with Crippen LogP contribution in [-0.4, -0.2) is 50.5 Å². The molecule has 0 bridgehead atoms. The second-order valence-corrected chi connectivity index (χ2v) is 7.92. The lowest BCUT2D eigenvalue weighted by Crippen LogP contribution is -2.36. The van der Waals surface area contributed by atoms with Gasteiger partial charge in [-0.2, -0.15) is 0 Å². The average Bonchev–Trinajstić information content (AvgIpc) is 3.40. The third kappa shape index (κ3) is 3.40. The number of halogens is 1. The molecule has 0 saturated carbocycles. The first-order chi connectivity index (χ1) is 15.8. The lowest BCUT2D eigenvalue weighted by Gasteiger charge is -2.16. The van der Waals surface area contributed by atoms with Crippen LogP contribution in [0.3, 0.4) is 0 Å². The Morgan fingerprint density at radius 2 is 1.97 bits per heavy atom. The minimum atomic E-state index is -1.73. The summed E-state index contributed by atoms with van der Waals surface area (Å²) in [7, 11) is 1.61. The SMILES string of the molecule is CN1CC[C@](O)(c2cc(-c3cccc(-c4nc(C(N)=O)c5ccc(F)cc5n4)c3)on2)C1=O. The van der Waals surface area contributed by atoms with Gasteiger partial charge in [0.25, 0.3) is 11.8 Å². The van der Waals surface area contributed by atoms with E-state index >= 15 is 0 Å². The zero-order valence-electron chi connectivity index (χ0n) is 17.4. The van der Waals surface area contributed by atoms with Crippen molar-refractivity contribution >= 4 is 22.7 Å². The highest BCUT2D eigenvalue weighted by atomic mass is 19.1. The highest BCUT2D eigenvalue weighted by Crippen LogP contribution is 2.35. The van der Waals surface area contributed by atoms with Gasteiger partial charge in [0.05, 0.1) is 5.52 Å². The van der Waals surface area contributed by atoms with Gasteiger partial charge in [0.1, 0.15) is 17.2 Å². The number of benzene rings is 2. The van der Waals surface area contributed by atoms with Crippen LogP contribution in [0.4, 0.5) is 4.39 Å². The first-order valence-corrected chi connectivity index (χ1v) is 10.1. The number of aliphatic hydroxyl groups is 1. The Morgan fingerprint density at radius 1 is 1.18 bits per heavy atom. The van der Waals surface area contributed by atoms with E-state index in [0.717, 1.165) is 0 Å². The highest BCUT2D eigenvalue weighted by Gasteiger charge is 2.47. The molecule has 3 heterocycles. The molecule has 0 spiro atoms. The summed E-state index contributed by atoms with van der Waals surface area (Å²) in [4.78, 5) is 34.4. The number of rotatable bonds is 4. The van der Waals surface area contributed by atoms with Crippen LogP contribution >= 0.6 is 0 Å². The number of hydrogen-bond donors (Lipinski definition) is 2. The van der Waals surface area contributed by atoms with Crippen molar-refractivity contribution in [1.82, 2.24) is 20.0 Å². The van der Waals surface area contributed by atoms with Gasteiger partial charge in [0, 0.05) is 48.7 Å². The Morgan fingerprint density at radius 3 is 2.70 bits per heavy atom. The van der Waals surface area contributed by atoms with Crippen LogP contribution in [0.1, 0.15) is 22.6 Å². The van der Waals surface area contributed by atoms with Crippen molar-refractivity contribution in [3.63, 3.8) is 0 Å². The summed E-state index contributed by atoms with van der Waals surface area (Å²) in [5, 5.41) is 15.1. The lowest BCUT2D eigenvalue weighted by molar-refractivity contribution is -0.143. The summed E-state index contributed by atoms with van der Waals surface area (Å²) >= 11 is 0. The number of fused-ring (bicyclic) bond motifs is 1. The third-order valence-electron chi connectivity index (χ3n) is 5.74. The topological polar surface area (TPSA) is 135 Å². The molecule has 4 aromatic rings. The Balaban J connectivity index is 1.56. The van der Waals surface area contributed by atoms with E-state index in [0.29, 0.717) is 28.8 Å². The maximum Gasteiger partial charge on any atom is 0.268 e. The first kappa shape index (κ1) is 20.7. The quantitative estimate of drug-likeness (QED) is 0.490. The molecule has 166 valence electrons. The number of hydrogen-bond acceptors (Lipinski definition) is 7. The molecule has 0 radical (unpaired) electrons. The van der Waals surface area contributed by atoms with E-state index in [2.05, 4.69) is 15.1 Å². The van der Waals surface area contributed by atoms with Crippen molar-refractivity contribution in [2.45, 2.75) is 12.0 Å². The van der Waals surface area contributed by atoms with Gasteiger partial charge in [-0.3, -0.25) is 9.59 Å². The number of likely N-dealkylation sites (tertiary alicyclic amines) is 1. The maximum atomic E-state index is 13.8. The fourth-order valence-corrected chi connectivity index (χ4v) is 3.93. The molecule has 0 aliphatic carbocycles. The molecule has 1 atom stereocenters. The molecule has 5 rings (SSSR count). The number of primary amides is 1. The minimum Gasteiger partial charge on any atom is -0.374 e. The van der Waals surface area contributed by atoms with Crippen LogP contribution in [0.25, 0.3) is 33.6 Å². The molecule has 2 aromatic carbocycles. The third-order valence-corrected chi connectivity index (χ3v) is 5.74. The largest absolute Gasteiger partial charge is 0.374 e. The normalized spacial score (nSPS) is 18.3. The molecule has 3 N–H and O–H groups in total. The zero-order chi connectivity index (χ0) is 23.3. The van der Waals surface area contributed by atoms with Crippen molar-refractivity contribution in [2.75, 3.05) is 13.6 Å². The van der Waals surface area contributed by atoms with Gasteiger partial charge in [-0.05, 0) is 18.2 Å². The Kier molecular flexibility index (Phi) is 4.68. The van der Waals surface area contributed by atoms with E-state index in [-0.39, 0.29) is 29.1 Å². The number of aromatic nitrogens is 3. The number of nitrogens with zero attached hydrogens (tertiary/aromatic N) is 4. The fourth-order valence-electron chi connectivity index (χ4n) is 3.93. The molecule has 2 amide bonds. The van der Waals surface area contributed by atoms with Crippen molar-refractivity contribution in [2.24, 2.45) is 5.73 Å². The molecule has 1 saturated heterocycles. The molecule has 2 aromatic heterocycles. The predicted molar refractivity (Wildman–Crippen MR) is 115 cm³/mol. The molecule has 1 fully saturated rings. The summed E-state index contributed by atoms with van der Waals surface area (Å²) in [6.45, 7) is 0.412. The van der Waals surface area contributed by atoms with Crippen LogP contribution in [-0.2, 0) is 10.4 Å². The maximum absolute atomic E-state index is 13.8. The predicted octanol–water partition coefficient (Wildman–Crippen LogP) is 2.24. The summed E-state index contributed by atoms with van der Waals surface area (Å²) in [6.07, 6.45) is 0.214. The monoisotopic (exact) mass is 447 g/mol. The molecule has 1 aliphatic heterocycles. The van der Waals surface area contributed by atoms with Gasteiger partial charge in [0.2, 0.25) is 0 Å². The Labute approximate surface area is 186 Å². The van der Waals surface area contributed by atoms with E-state index in [9.17, 15) is 19.1 Å². The number of carbonyl (C=O) groups is 2. The van der Waals surface area contributed by atoms with Gasteiger partial charge < -0.3 is 20.3 Å². The van der Waals surface area contributed by atoms with Crippen LogP contribution in [0.2, 0.25) is 0 Å². The van der Waals surface area contributed by atoms with E-state index in [1.807, 2.05) is 0 Å². The summed E-state index contributed by atoms with van der Waals surface area (Å²) in [6, 6.07) is 12.2. The number of amides is 2. The molecule has 0 unspecified atom stereocenters. The average molecular weight is 447 g/mol. The minimum absolute atomic E-state index is 0.0200. The molecular weight excluding hydrogens is 429 g/mol. The van der Waals surface area contributed by atoms with E-state index < -0.39 is 23.2 Å². The summed E-state index contributed by atoms with van der Waals surface area (Å²) in [5.41, 5.74) is 5.21. The molecule has 33 heavy (non-hydrogen) atoms. The highest BCUT2D eigenvalue weighted by molar-refractivity contribution is 6.04. The van der Waals surface area contributed by atoms with Gasteiger partial charge in [-0.25, -0.2) is 14.4 Å². The number of likely N-dealkylation sites (N-methyl/N-ethyl adjacent to an activating group) is 1. The van der Waals surface area contributed by atoms with Crippen LogP contribution < -0.4 is 5.73 Å². The Bertz CT molecular complexity index is 1440. The van der Waals surface area contributed by atoms with Crippen LogP contribution in [0.5, 0.6) is 0 Å². The lowest BCUT2D eigenvalue weighted by atomic mass is 9.97. The molecular formula is C23H18FN5O4. The molecule has 10 heteroatoms. The number of carbonyl (C=O) groups excluding carboxylic acids is 2. The molecule has 1 aliphatic rings. The number of nitrogens with two attached hydrogens (primary N) is 1.